The highest BCUT2D eigenvalue weighted by molar-refractivity contribution is 6.32. The standard InChI is InChI=1S/C29H33Cl2N5O4/c1-17(2)36(33)24(27(32)26-18(3)5-4-6-22(26)30)15-40-20-8-9-21(23(31)13-20)29(39)11-12-35(16-29)25-10-7-19(14-34-25)28(37)38/h4-10,13-14,17,39H,11-12,15-16,32-33H2,1-3H3,(H,37,38)/b27-24-. The molecule has 0 aliphatic carbocycles. The third-order valence-electron chi connectivity index (χ3n) is 7.05. The first-order valence-electron chi connectivity index (χ1n) is 12.8. The number of anilines is 1. The summed E-state index contributed by atoms with van der Waals surface area (Å²) in [6.45, 7) is 6.67. The SMILES string of the molecule is Cc1cccc(Cl)c1/C(N)=C(\COc1ccc(C2(O)CCN(c3ccc(C(=O)O)cn3)C2)c(Cl)c1)N(N)C(C)C. The number of aryl methyl sites for hydroxylation is 1. The predicted octanol–water partition coefficient (Wildman–Crippen LogP) is 4.78. The third-order valence-corrected chi connectivity index (χ3v) is 7.68. The van der Waals surface area contributed by atoms with E-state index in [1.807, 2.05) is 37.8 Å². The molecule has 2 aromatic carbocycles. The van der Waals surface area contributed by atoms with Gasteiger partial charge in [0.05, 0.1) is 33.5 Å². The molecule has 1 aliphatic rings. The molecule has 11 heteroatoms. The Morgan fingerprint density at radius 1 is 1.20 bits per heavy atom. The van der Waals surface area contributed by atoms with E-state index in [0.717, 1.165) is 5.56 Å². The molecule has 0 spiro atoms. The molecule has 0 amide bonds. The fourth-order valence-corrected chi connectivity index (χ4v) is 5.41. The summed E-state index contributed by atoms with van der Waals surface area (Å²) >= 11 is 13.1. The number of aliphatic hydroxyl groups is 1. The summed E-state index contributed by atoms with van der Waals surface area (Å²) in [5.41, 5.74) is 8.64. The lowest BCUT2D eigenvalue weighted by molar-refractivity contribution is 0.0606. The molecule has 2 heterocycles. The maximum Gasteiger partial charge on any atom is 0.337 e. The number of nitrogens with zero attached hydrogens (tertiary/aromatic N) is 3. The van der Waals surface area contributed by atoms with Crippen molar-refractivity contribution in [3.63, 3.8) is 0 Å². The van der Waals surface area contributed by atoms with Crippen LogP contribution in [0.25, 0.3) is 5.70 Å². The topological polar surface area (TPSA) is 138 Å². The number of ether oxygens (including phenoxy) is 1. The summed E-state index contributed by atoms with van der Waals surface area (Å²) in [4.78, 5) is 17.2. The number of rotatable bonds is 9. The molecule has 1 aliphatic heterocycles. The number of hydrogen-bond acceptors (Lipinski definition) is 8. The molecule has 9 nitrogen and oxygen atoms in total. The maximum atomic E-state index is 11.5. The van der Waals surface area contributed by atoms with Crippen molar-refractivity contribution < 1.29 is 19.7 Å². The summed E-state index contributed by atoms with van der Waals surface area (Å²) in [7, 11) is 0. The van der Waals surface area contributed by atoms with Crippen LogP contribution in [0, 0.1) is 6.92 Å². The molecule has 40 heavy (non-hydrogen) atoms. The van der Waals surface area contributed by atoms with Crippen LogP contribution >= 0.6 is 23.2 Å². The van der Waals surface area contributed by atoms with E-state index in [1.54, 1.807) is 35.3 Å². The first-order chi connectivity index (χ1) is 18.9. The Labute approximate surface area is 243 Å². The molecule has 6 N–H and O–H groups in total. The summed E-state index contributed by atoms with van der Waals surface area (Å²) in [5, 5.41) is 23.0. The van der Waals surface area contributed by atoms with Crippen molar-refractivity contribution in [2.24, 2.45) is 11.6 Å². The van der Waals surface area contributed by atoms with Gasteiger partial charge in [0.2, 0.25) is 0 Å². The van der Waals surface area contributed by atoms with Crippen LogP contribution in [-0.4, -0.2) is 51.9 Å². The molecule has 3 aromatic rings. The lowest BCUT2D eigenvalue weighted by Gasteiger charge is -2.29. The van der Waals surface area contributed by atoms with Crippen LogP contribution in [0.5, 0.6) is 5.75 Å². The Hall–Kier alpha value is -3.50. The number of carbonyl (C=O) groups is 1. The van der Waals surface area contributed by atoms with E-state index in [-0.39, 0.29) is 24.8 Å². The van der Waals surface area contributed by atoms with E-state index in [2.05, 4.69) is 4.98 Å². The van der Waals surface area contributed by atoms with E-state index in [1.165, 1.54) is 12.3 Å². The van der Waals surface area contributed by atoms with Crippen molar-refractivity contribution in [3.05, 3.63) is 92.7 Å². The van der Waals surface area contributed by atoms with Crippen molar-refractivity contribution in [1.82, 2.24) is 9.99 Å². The number of aromatic nitrogens is 1. The predicted molar refractivity (Wildman–Crippen MR) is 157 cm³/mol. The zero-order valence-electron chi connectivity index (χ0n) is 22.6. The summed E-state index contributed by atoms with van der Waals surface area (Å²) in [6, 6.07) is 13.8. The van der Waals surface area contributed by atoms with E-state index >= 15 is 0 Å². The van der Waals surface area contributed by atoms with Gasteiger partial charge in [0.25, 0.3) is 0 Å². The van der Waals surface area contributed by atoms with Gasteiger partial charge in [0, 0.05) is 29.9 Å². The van der Waals surface area contributed by atoms with Crippen molar-refractivity contribution in [2.45, 2.75) is 38.8 Å². The second kappa shape index (κ2) is 11.9. The van der Waals surface area contributed by atoms with Gasteiger partial charge in [-0.25, -0.2) is 15.6 Å². The minimum atomic E-state index is -1.22. The number of hydrogen-bond donors (Lipinski definition) is 4. The second-order valence-corrected chi connectivity index (χ2v) is 11.0. The number of hydrazine groups is 1. The van der Waals surface area contributed by atoms with Gasteiger partial charge in [0.15, 0.2) is 0 Å². The van der Waals surface area contributed by atoms with Crippen LogP contribution in [0.1, 0.15) is 47.3 Å². The van der Waals surface area contributed by atoms with Crippen LogP contribution in [0.3, 0.4) is 0 Å². The zero-order valence-corrected chi connectivity index (χ0v) is 24.1. The van der Waals surface area contributed by atoms with Gasteiger partial charge in [-0.3, -0.25) is 0 Å². The first-order valence-corrected chi connectivity index (χ1v) is 13.5. The fourth-order valence-electron chi connectivity index (χ4n) is 4.74. The monoisotopic (exact) mass is 585 g/mol. The molecular weight excluding hydrogens is 553 g/mol. The quantitative estimate of drug-likeness (QED) is 0.206. The third kappa shape index (κ3) is 6.13. The van der Waals surface area contributed by atoms with Crippen LogP contribution in [0.15, 0.2) is 60.4 Å². The highest BCUT2D eigenvalue weighted by Gasteiger charge is 2.39. The average Bonchev–Trinajstić information content (AvgIpc) is 3.31. The molecule has 212 valence electrons. The Morgan fingerprint density at radius 3 is 2.55 bits per heavy atom. The summed E-state index contributed by atoms with van der Waals surface area (Å²) < 4.78 is 6.08. The van der Waals surface area contributed by atoms with Crippen molar-refractivity contribution in [1.29, 1.82) is 0 Å². The number of carboxylic acid groups (broad SMARTS) is 1. The average molecular weight is 587 g/mol. The van der Waals surface area contributed by atoms with Gasteiger partial charge in [-0.1, -0.05) is 41.4 Å². The zero-order chi connectivity index (χ0) is 29.2. The minimum absolute atomic E-state index is 0.0553. The Morgan fingerprint density at radius 2 is 1.95 bits per heavy atom. The van der Waals surface area contributed by atoms with Crippen molar-refractivity contribution in [3.8, 4) is 5.75 Å². The molecule has 0 saturated carbocycles. The molecule has 0 radical (unpaired) electrons. The van der Waals surface area contributed by atoms with Crippen LogP contribution in [0.4, 0.5) is 5.82 Å². The number of nitrogens with two attached hydrogens (primary N) is 2. The molecule has 0 bridgehead atoms. The number of pyridine rings is 1. The van der Waals surface area contributed by atoms with Gasteiger partial charge >= 0.3 is 5.97 Å². The molecule has 1 saturated heterocycles. The largest absolute Gasteiger partial charge is 0.487 e. The highest BCUT2D eigenvalue weighted by Crippen LogP contribution is 2.39. The Balaban J connectivity index is 1.53. The Kier molecular flexibility index (Phi) is 8.80. The van der Waals surface area contributed by atoms with E-state index in [0.29, 0.717) is 57.1 Å². The number of halogens is 2. The Bertz CT molecular complexity index is 1410. The lowest BCUT2D eigenvalue weighted by atomic mass is 9.93. The van der Waals surface area contributed by atoms with E-state index in [4.69, 9.17) is 44.6 Å². The lowest BCUT2D eigenvalue weighted by Crippen LogP contribution is -2.40. The smallest absolute Gasteiger partial charge is 0.337 e. The van der Waals surface area contributed by atoms with Crippen molar-refractivity contribution in [2.75, 3.05) is 24.6 Å². The maximum absolute atomic E-state index is 11.5. The van der Waals surface area contributed by atoms with Gasteiger partial charge in [-0.15, -0.1) is 0 Å². The van der Waals surface area contributed by atoms with Crippen molar-refractivity contribution >= 4 is 40.7 Å². The summed E-state index contributed by atoms with van der Waals surface area (Å²) in [5.74, 6) is 6.40. The molecule has 1 atom stereocenters. The second-order valence-electron chi connectivity index (χ2n) is 10.1. The van der Waals surface area contributed by atoms with Crippen LogP contribution in [-0.2, 0) is 5.60 Å². The molecule has 1 fully saturated rings. The highest BCUT2D eigenvalue weighted by atomic mass is 35.5. The number of carboxylic acids is 1. The molecular formula is C29H33Cl2N5O4. The number of β-amino-alcohol motifs (C(OH)–C–C–N with tert-alkyl or cyclic N) is 1. The fraction of sp³-hybridized carbons (Fsp3) is 0.310. The van der Waals surface area contributed by atoms with Gasteiger partial charge in [0.1, 0.15) is 23.8 Å². The molecule has 4 rings (SSSR count). The number of benzene rings is 2. The normalized spacial score (nSPS) is 17.6. The van der Waals surface area contributed by atoms with E-state index in [9.17, 15) is 9.90 Å². The van der Waals surface area contributed by atoms with Crippen LogP contribution < -0.4 is 21.2 Å². The first kappa shape index (κ1) is 29.5. The number of aromatic carboxylic acids is 1. The van der Waals surface area contributed by atoms with Gasteiger partial charge < -0.3 is 30.6 Å². The molecule has 1 unspecified atom stereocenters. The van der Waals surface area contributed by atoms with Crippen LogP contribution in [0.2, 0.25) is 10.0 Å². The minimum Gasteiger partial charge on any atom is -0.487 e. The van der Waals surface area contributed by atoms with E-state index < -0.39 is 11.6 Å². The van der Waals surface area contributed by atoms with Gasteiger partial charge in [-0.05, 0) is 63.1 Å². The van der Waals surface area contributed by atoms with Gasteiger partial charge in [-0.2, -0.15) is 0 Å². The molecule has 1 aromatic heterocycles. The summed E-state index contributed by atoms with van der Waals surface area (Å²) in [6.07, 6.45) is 1.73.